The molecule has 0 saturated carbocycles. The molecule has 104 valence electrons. The van der Waals surface area contributed by atoms with Gasteiger partial charge in [0.25, 0.3) is 0 Å². The summed E-state index contributed by atoms with van der Waals surface area (Å²) in [5.74, 6) is 0.292. The first-order valence-corrected chi connectivity index (χ1v) is 7.23. The van der Waals surface area contributed by atoms with Gasteiger partial charge in [-0.3, -0.25) is 4.79 Å². The molecule has 1 amide bonds. The number of rotatable bonds is 0. The van der Waals surface area contributed by atoms with E-state index in [4.69, 9.17) is 24.4 Å². The average molecular weight is 308 g/mol. The van der Waals surface area contributed by atoms with Crippen LogP contribution in [-0.4, -0.2) is 71.0 Å². The smallest absolute Gasteiger partial charge is 0.222 e. The molecule has 0 unspecified atom stereocenters. The highest BCUT2D eigenvalue weighted by Crippen LogP contribution is 2.10. The summed E-state index contributed by atoms with van der Waals surface area (Å²) in [6, 6.07) is 0. The van der Waals surface area contributed by atoms with Gasteiger partial charge in [-0.1, -0.05) is 24.4 Å². The SMILES string of the molecule is CN(C)C(=S)SC(=S)N(C)C.CN1CCCC1=O. The molecule has 7 heteroatoms. The Morgan fingerprint density at radius 2 is 1.61 bits per heavy atom. The Hall–Kier alpha value is -0.400. The van der Waals surface area contributed by atoms with Gasteiger partial charge in [-0.15, -0.1) is 0 Å². The first-order chi connectivity index (χ1) is 8.25. The molecule has 1 aliphatic rings. The zero-order valence-electron chi connectivity index (χ0n) is 11.6. The molecule has 4 nitrogen and oxygen atoms in total. The highest BCUT2D eigenvalue weighted by atomic mass is 32.2. The fourth-order valence-corrected chi connectivity index (χ4v) is 2.19. The minimum atomic E-state index is 0.292. The van der Waals surface area contributed by atoms with E-state index in [-0.39, 0.29) is 0 Å². The minimum Gasteiger partial charge on any atom is -0.363 e. The molecule has 0 bridgehead atoms. The van der Waals surface area contributed by atoms with Crippen molar-refractivity contribution in [1.29, 1.82) is 0 Å². The van der Waals surface area contributed by atoms with Crippen molar-refractivity contribution in [3.63, 3.8) is 0 Å². The summed E-state index contributed by atoms with van der Waals surface area (Å²) in [4.78, 5) is 16.0. The van der Waals surface area contributed by atoms with Crippen LogP contribution >= 0.6 is 36.2 Å². The molecule has 0 aliphatic carbocycles. The Kier molecular flexibility index (Phi) is 8.47. The molecule has 0 aromatic heterocycles. The number of hydrogen-bond donors (Lipinski definition) is 0. The van der Waals surface area contributed by atoms with Crippen LogP contribution in [0.25, 0.3) is 0 Å². The van der Waals surface area contributed by atoms with E-state index in [1.54, 1.807) is 4.90 Å². The van der Waals surface area contributed by atoms with Gasteiger partial charge in [0, 0.05) is 48.2 Å². The van der Waals surface area contributed by atoms with E-state index >= 15 is 0 Å². The topological polar surface area (TPSA) is 26.8 Å². The van der Waals surface area contributed by atoms with Crippen LogP contribution < -0.4 is 0 Å². The summed E-state index contributed by atoms with van der Waals surface area (Å²) >= 11 is 11.5. The van der Waals surface area contributed by atoms with Crippen LogP contribution in [0.15, 0.2) is 0 Å². The number of hydrogen-bond acceptors (Lipinski definition) is 4. The van der Waals surface area contributed by atoms with Crippen molar-refractivity contribution in [2.24, 2.45) is 0 Å². The maximum absolute atomic E-state index is 10.5. The van der Waals surface area contributed by atoms with Crippen molar-refractivity contribution in [3.05, 3.63) is 0 Å². The summed E-state index contributed by atoms with van der Waals surface area (Å²) in [5.41, 5.74) is 0. The van der Waals surface area contributed by atoms with Crippen molar-refractivity contribution in [3.8, 4) is 0 Å². The van der Waals surface area contributed by atoms with Crippen LogP contribution in [0, 0.1) is 0 Å². The van der Waals surface area contributed by atoms with Crippen LogP contribution in [0.3, 0.4) is 0 Å². The number of nitrogens with zero attached hydrogens (tertiary/aromatic N) is 3. The number of thiocarbonyl (C=S) groups is 2. The molecule has 0 radical (unpaired) electrons. The van der Waals surface area contributed by atoms with Crippen LogP contribution in [0.2, 0.25) is 0 Å². The number of likely N-dealkylation sites (tertiary alicyclic amines) is 1. The number of amides is 1. The maximum atomic E-state index is 10.5. The molecule has 0 aromatic carbocycles. The molecule has 1 aliphatic heterocycles. The largest absolute Gasteiger partial charge is 0.363 e. The monoisotopic (exact) mass is 307 g/mol. The van der Waals surface area contributed by atoms with Crippen LogP contribution in [0.5, 0.6) is 0 Å². The third-order valence-corrected chi connectivity index (χ3v) is 4.52. The van der Waals surface area contributed by atoms with Gasteiger partial charge < -0.3 is 14.7 Å². The Morgan fingerprint density at radius 1 is 1.17 bits per heavy atom. The second-order valence-corrected chi connectivity index (χ2v) is 6.61. The molecule has 18 heavy (non-hydrogen) atoms. The van der Waals surface area contributed by atoms with E-state index < -0.39 is 0 Å². The van der Waals surface area contributed by atoms with Gasteiger partial charge in [0.15, 0.2) is 0 Å². The predicted molar refractivity (Wildman–Crippen MR) is 87.0 cm³/mol. The lowest BCUT2D eigenvalue weighted by atomic mass is 10.4. The second-order valence-electron chi connectivity index (χ2n) is 4.34. The Labute approximate surface area is 125 Å². The number of carbonyl (C=O) groups excluding carboxylic acids is 1. The van der Waals surface area contributed by atoms with Gasteiger partial charge >= 0.3 is 0 Å². The van der Waals surface area contributed by atoms with Gasteiger partial charge in [0.05, 0.1) is 0 Å². The molecule has 1 fully saturated rings. The molecular formula is C11H21N3OS3. The van der Waals surface area contributed by atoms with Crippen molar-refractivity contribution < 1.29 is 4.79 Å². The van der Waals surface area contributed by atoms with Gasteiger partial charge in [-0.25, -0.2) is 0 Å². The van der Waals surface area contributed by atoms with Gasteiger partial charge in [0.1, 0.15) is 8.64 Å². The average Bonchev–Trinajstić information content (AvgIpc) is 2.63. The normalized spacial score (nSPS) is 13.8. The highest BCUT2D eigenvalue weighted by molar-refractivity contribution is 8.37. The third kappa shape index (κ3) is 7.13. The van der Waals surface area contributed by atoms with E-state index in [9.17, 15) is 4.79 Å². The summed E-state index contributed by atoms with van der Waals surface area (Å²) in [7, 11) is 9.48. The van der Waals surface area contributed by atoms with Gasteiger partial charge in [-0.2, -0.15) is 0 Å². The lowest BCUT2D eigenvalue weighted by Crippen LogP contribution is -2.23. The van der Waals surface area contributed by atoms with E-state index in [1.165, 1.54) is 11.8 Å². The summed E-state index contributed by atoms with van der Waals surface area (Å²) in [6.07, 6.45) is 1.81. The van der Waals surface area contributed by atoms with Crippen molar-refractivity contribution in [1.82, 2.24) is 14.7 Å². The Balaban J connectivity index is 0.000000351. The van der Waals surface area contributed by atoms with Crippen LogP contribution in [0.1, 0.15) is 12.8 Å². The molecule has 1 saturated heterocycles. The summed E-state index contributed by atoms with van der Waals surface area (Å²) < 4.78 is 1.59. The number of carbonyl (C=O) groups is 1. The summed E-state index contributed by atoms with van der Waals surface area (Å²) in [6.45, 7) is 0.957. The fourth-order valence-electron chi connectivity index (χ4n) is 1.04. The molecule has 0 atom stereocenters. The second kappa shape index (κ2) is 8.66. The van der Waals surface area contributed by atoms with E-state index in [0.29, 0.717) is 5.91 Å². The molecule has 1 heterocycles. The van der Waals surface area contributed by atoms with E-state index in [2.05, 4.69) is 0 Å². The Morgan fingerprint density at radius 3 is 1.78 bits per heavy atom. The first-order valence-electron chi connectivity index (χ1n) is 5.60. The summed E-state index contributed by atoms with van der Waals surface area (Å²) in [5, 5.41) is 0. The zero-order chi connectivity index (χ0) is 14.3. The van der Waals surface area contributed by atoms with Gasteiger partial charge in [-0.05, 0) is 18.2 Å². The van der Waals surface area contributed by atoms with E-state index in [1.807, 2.05) is 45.0 Å². The number of thioether (sulfide) groups is 1. The molecule has 1 rings (SSSR count). The van der Waals surface area contributed by atoms with Crippen LogP contribution in [-0.2, 0) is 4.79 Å². The van der Waals surface area contributed by atoms with Crippen molar-refractivity contribution >= 4 is 50.7 Å². The predicted octanol–water partition coefficient (Wildman–Crippen LogP) is 1.65. The van der Waals surface area contributed by atoms with Crippen molar-refractivity contribution in [2.75, 3.05) is 41.8 Å². The van der Waals surface area contributed by atoms with Gasteiger partial charge in [0.2, 0.25) is 5.91 Å². The first kappa shape index (κ1) is 17.6. The lowest BCUT2D eigenvalue weighted by Gasteiger charge is -2.16. The minimum absolute atomic E-state index is 0.292. The molecule has 0 spiro atoms. The molecular weight excluding hydrogens is 286 g/mol. The molecule has 0 aromatic rings. The Bertz CT molecular complexity index is 301. The maximum Gasteiger partial charge on any atom is 0.222 e. The zero-order valence-corrected chi connectivity index (χ0v) is 14.0. The fraction of sp³-hybridized carbons (Fsp3) is 0.727. The van der Waals surface area contributed by atoms with E-state index in [0.717, 1.165) is 28.0 Å². The van der Waals surface area contributed by atoms with Crippen molar-refractivity contribution in [2.45, 2.75) is 12.8 Å². The standard InChI is InChI=1S/C6H12N2S3.C5H9NO/c1-7(2)5(9)11-6(10)8(3)4;1-6-4-2-3-5(6)7/h1-4H3;2-4H2,1H3. The quantitative estimate of drug-likeness (QED) is 0.632. The molecule has 0 N–H and O–H groups in total. The third-order valence-electron chi connectivity index (χ3n) is 2.21. The lowest BCUT2D eigenvalue weighted by molar-refractivity contribution is -0.126. The van der Waals surface area contributed by atoms with Crippen LogP contribution in [0.4, 0.5) is 0 Å². The highest BCUT2D eigenvalue weighted by Gasteiger charge is 2.14.